The first-order valence-corrected chi connectivity index (χ1v) is 6.25. The van der Waals surface area contributed by atoms with Crippen LogP contribution >= 0.6 is 0 Å². The van der Waals surface area contributed by atoms with Crippen molar-refractivity contribution < 1.29 is 0 Å². The molecule has 0 spiro atoms. The van der Waals surface area contributed by atoms with E-state index in [1.165, 1.54) is 10.2 Å². The smallest absolute Gasteiger partial charge is 0.146 e. The standard InChI is InChI=1S/C14H20N4/c1-10(2)14-17-12(13(15)18(14)16)9-8-11-6-4-3-5-7-11/h3-7,10H,8-9,15-16H2,1-2H3. The summed E-state index contributed by atoms with van der Waals surface area (Å²) in [6, 6.07) is 10.3. The second-order valence-corrected chi connectivity index (χ2v) is 4.81. The van der Waals surface area contributed by atoms with Crippen LogP contribution in [0.2, 0.25) is 0 Å². The lowest BCUT2D eigenvalue weighted by Crippen LogP contribution is -2.16. The third-order valence-corrected chi connectivity index (χ3v) is 3.06. The molecule has 0 bridgehead atoms. The van der Waals surface area contributed by atoms with Crippen molar-refractivity contribution in [2.45, 2.75) is 32.6 Å². The number of nitrogens with zero attached hydrogens (tertiary/aromatic N) is 2. The van der Waals surface area contributed by atoms with Gasteiger partial charge in [-0.2, -0.15) is 0 Å². The summed E-state index contributed by atoms with van der Waals surface area (Å²) >= 11 is 0. The molecule has 0 aliphatic heterocycles. The Labute approximate surface area is 108 Å². The van der Waals surface area contributed by atoms with E-state index in [2.05, 4.69) is 31.0 Å². The van der Waals surface area contributed by atoms with E-state index in [9.17, 15) is 0 Å². The van der Waals surface area contributed by atoms with Crippen LogP contribution in [-0.4, -0.2) is 9.66 Å². The highest BCUT2D eigenvalue weighted by atomic mass is 15.4. The Morgan fingerprint density at radius 1 is 1.17 bits per heavy atom. The van der Waals surface area contributed by atoms with E-state index in [4.69, 9.17) is 11.6 Å². The molecule has 0 amide bonds. The van der Waals surface area contributed by atoms with Crippen molar-refractivity contribution in [3.8, 4) is 0 Å². The van der Waals surface area contributed by atoms with Gasteiger partial charge in [0.1, 0.15) is 11.6 Å². The largest absolute Gasteiger partial charge is 0.382 e. The molecule has 0 aliphatic carbocycles. The van der Waals surface area contributed by atoms with Crippen molar-refractivity contribution in [3.05, 3.63) is 47.4 Å². The van der Waals surface area contributed by atoms with E-state index >= 15 is 0 Å². The van der Waals surface area contributed by atoms with Gasteiger partial charge in [0.15, 0.2) is 0 Å². The Morgan fingerprint density at radius 2 is 1.83 bits per heavy atom. The normalized spacial score (nSPS) is 11.1. The minimum atomic E-state index is 0.280. The van der Waals surface area contributed by atoms with Crippen molar-refractivity contribution in [1.29, 1.82) is 0 Å². The Balaban J connectivity index is 2.13. The van der Waals surface area contributed by atoms with Crippen molar-refractivity contribution in [1.82, 2.24) is 9.66 Å². The van der Waals surface area contributed by atoms with Crippen molar-refractivity contribution >= 4 is 5.82 Å². The summed E-state index contributed by atoms with van der Waals surface area (Å²) in [5.41, 5.74) is 8.16. The fourth-order valence-corrected chi connectivity index (χ4v) is 2.01. The molecule has 18 heavy (non-hydrogen) atoms. The Hall–Kier alpha value is -1.97. The lowest BCUT2D eigenvalue weighted by molar-refractivity contribution is 0.736. The highest BCUT2D eigenvalue weighted by molar-refractivity contribution is 5.39. The summed E-state index contributed by atoms with van der Waals surface area (Å²) in [5, 5.41) is 0. The number of imidazole rings is 1. The van der Waals surface area contributed by atoms with E-state index < -0.39 is 0 Å². The molecule has 4 heteroatoms. The monoisotopic (exact) mass is 244 g/mol. The molecule has 0 unspecified atom stereocenters. The summed E-state index contributed by atoms with van der Waals surface area (Å²) in [7, 11) is 0. The lowest BCUT2D eigenvalue weighted by atomic mass is 10.1. The van der Waals surface area contributed by atoms with Crippen molar-refractivity contribution in [2.24, 2.45) is 0 Å². The molecule has 0 radical (unpaired) electrons. The Kier molecular flexibility index (Phi) is 3.55. The highest BCUT2D eigenvalue weighted by Crippen LogP contribution is 2.19. The maximum Gasteiger partial charge on any atom is 0.146 e. The first kappa shape index (κ1) is 12.5. The van der Waals surface area contributed by atoms with E-state index in [0.29, 0.717) is 5.82 Å². The average molecular weight is 244 g/mol. The van der Waals surface area contributed by atoms with Crippen LogP contribution in [0.1, 0.15) is 36.8 Å². The lowest BCUT2D eigenvalue weighted by Gasteiger charge is -2.04. The van der Waals surface area contributed by atoms with Gasteiger partial charge in [0, 0.05) is 5.92 Å². The van der Waals surface area contributed by atoms with Crippen LogP contribution in [-0.2, 0) is 12.8 Å². The molecular weight excluding hydrogens is 224 g/mol. The maximum absolute atomic E-state index is 5.98. The first-order chi connectivity index (χ1) is 8.59. The Bertz CT molecular complexity index is 514. The molecule has 0 saturated heterocycles. The summed E-state index contributed by atoms with van der Waals surface area (Å²) in [5.74, 6) is 7.60. The van der Waals surface area contributed by atoms with Gasteiger partial charge < -0.3 is 11.6 Å². The van der Waals surface area contributed by atoms with Crippen LogP contribution < -0.4 is 11.6 Å². The number of benzene rings is 1. The van der Waals surface area contributed by atoms with Gasteiger partial charge in [-0.15, -0.1) is 0 Å². The van der Waals surface area contributed by atoms with Gasteiger partial charge in [0.25, 0.3) is 0 Å². The summed E-state index contributed by atoms with van der Waals surface area (Å²) in [6.07, 6.45) is 1.75. The fraction of sp³-hybridized carbons (Fsp3) is 0.357. The molecule has 0 saturated carbocycles. The Morgan fingerprint density at radius 3 is 2.39 bits per heavy atom. The fourth-order valence-electron chi connectivity index (χ4n) is 2.01. The number of hydrogen-bond acceptors (Lipinski definition) is 3. The first-order valence-electron chi connectivity index (χ1n) is 6.25. The number of aromatic nitrogens is 2. The number of hydrogen-bond donors (Lipinski definition) is 2. The minimum Gasteiger partial charge on any atom is -0.382 e. The van der Waals surface area contributed by atoms with Gasteiger partial charge in [-0.25, -0.2) is 9.66 Å². The molecule has 0 fully saturated rings. The zero-order chi connectivity index (χ0) is 13.1. The van der Waals surface area contributed by atoms with E-state index in [0.717, 1.165) is 24.4 Å². The molecule has 4 nitrogen and oxygen atoms in total. The second kappa shape index (κ2) is 5.12. The number of aryl methyl sites for hydroxylation is 2. The van der Waals surface area contributed by atoms with Crippen molar-refractivity contribution in [2.75, 3.05) is 11.6 Å². The SMILES string of the molecule is CC(C)c1nc(CCc2ccccc2)c(N)n1N. The molecule has 0 aliphatic rings. The third-order valence-electron chi connectivity index (χ3n) is 3.06. The second-order valence-electron chi connectivity index (χ2n) is 4.81. The van der Waals surface area contributed by atoms with Crippen LogP contribution in [0.25, 0.3) is 0 Å². The van der Waals surface area contributed by atoms with Crippen LogP contribution in [0.15, 0.2) is 30.3 Å². The van der Waals surface area contributed by atoms with Gasteiger partial charge in [-0.3, -0.25) is 0 Å². The van der Waals surface area contributed by atoms with Crippen molar-refractivity contribution in [3.63, 3.8) is 0 Å². The predicted octanol–water partition coefficient (Wildman–Crippen LogP) is 2.09. The van der Waals surface area contributed by atoms with Gasteiger partial charge in [0.05, 0.1) is 5.69 Å². The van der Waals surface area contributed by atoms with E-state index in [1.807, 2.05) is 18.2 Å². The van der Waals surface area contributed by atoms with E-state index in [1.54, 1.807) is 0 Å². The van der Waals surface area contributed by atoms with Crippen LogP contribution in [0.4, 0.5) is 5.82 Å². The van der Waals surface area contributed by atoms with E-state index in [-0.39, 0.29) is 5.92 Å². The molecule has 2 aromatic rings. The number of nitrogen functional groups attached to an aromatic ring is 2. The molecule has 2 rings (SSSR count). The molecule has 96 valence electrons. The number of rotatable bonds is 4. The van der Waals surface area contributed by atoms with Crippen LogP contribution in [0.5, 0.6) is 0 Å². The number of nitrogens with two attached hydrogens (primary N) is 2. The van der Waals surface area contributed by atoms with Gasteiger partial charge >= 0.3 is 0 Å². The average Bonchev–Trinajstić information content (AvgIpc) is 2.65. The van der Waals surface area contributed by atoms with Gasteiger partial charge in [-0.1, -0.05) is 44.2 Å². The summed E-state index contributed by atoms with van der Waals surface area (Å²) in [4.78, 5) is 4.54. The van der Waals surface area contributed by atoms with Crippen LogP contribution in [0.3, 0.4) is 0 Å². The quantitative estimate of drug-likeness (QED) is 0.809. The zero-order valence-corrected chi connectivity index (χ0v) is 10.9. The molecule has 0 atom stereocenters. The molecule has 1 aromatic carbocycles. The summed E-state index contributed by atoms with van der Waals surface area (Å²) < 4.78 is 1.50. The molecular formula is C14H20N4. The number of anilines is 1. The zero-order valence-electron chi connectivity index (χ0n) is 10.9. The third kappa shape index (κ3) is 2.47. The van der Waals surface area contributed by atoms with Crippen LogP contribution in [0, 0.1) is 0 Å². The van der Waals surface area contributed by atoms with Gasteiger partial charge in [0.2, 0.25) is 0 Å². The van der Waals surface area contributed by atoms with Gasteiger partial charge in [-0.05, 0) is 18.4 Å². The summed E-state index contributed by atoms with van der Waals surface area (Å²) in [6.45, 7) is 4.12. The maximum atomic E-state index is 5.98. The predicted molar refractivity (Wildman–Crippen MR) is 74.7 cm³/mol. The molecule has 1 aromatic heterocycles. The topological polar surface area (TPSA) is 69.9 Å². The highest BCUT2D eigenvalue weighted by Gasteiger charge is 2.14. The minimum absolute atomic E-state index is 0.280. The molecule has 1 heterocycles. The molecule has 4 N–H and O–H groups in total.